The van der Waals surface area contributed by atoms with Crippen molar-refractivity contribution in [3.63, 3.8) is 0 Å². The zero-order valence-corrected chi connectivity index (χ0v) is 13.4. The van der Waals surface area contributed by atoms with Crippen LogP contribution in [0.25, 0.3) is 0 Å². The maximum absolute atomic E-state index is 11.9. The lowest BCUT2D eigenvalue weighted by atomic mass is 10.3. The normalized spacial score (nSPS) is 10.9. The largest absolute Gasteiger partial charge is 0.325 e. The Morgan fingerprint density at radius 2 is 1.83 bits per heavy atom. The second-order valence-corrected chi connectivity index (χ2v) is 6.46. The van der Waals surface area contributed by atoms with Gasteiger partial charge in [0, 0.05) is 24.9 Å². The third-order valence-corrected chi connectivity index (χ3v) is 4.28. The van der Waals surface area contributed by atoms with Gasteiger partial charge in [-0.1, -0.05) is 0 Å². The molecule has 2 amide bonds. The fourth-order valence-corrected chi connectivity index (χ4v) is 2.81. The van der Waals surface area contributed by atoms with Gasteiger partial charge in [-0.2, -0.15) is 0 Å². The minimum Gasteiger partial charge on any atom is -0.325 e. The fourth-order valence-electron chi connectivity index (χ4n) is 1.82. The maximum atomic E-state index is 11.9. The number of benzene rings is 1. The van der Waals surface area contributed by atoms with Crippen molar-refractivity contribution in [2.45, 2.75) is 18.4 Å². The molecule has 0 aliphatic rings. The first kappa shape index (κ1) is 17.3. The predicted octanol–water partition coefficient (Wildman–Crippen LogP) is -0.293. The van der Waals surface area contributed by atoms with Crippen LogP contribution in [0, 0.1) is 0 Å². The van der Waals surface area contributed by atoms with Crippen LogP contribution in [0.3, 0.4) is 0 Å². The number of amides is 2. The highest BCUT2D eigenvalue weighted by atomic mass is 32.2. The van der Waals surface area contributed by atoms with E-state index in [0.717, 1.165) is 11.5 Å². The third kappa shape index (κ3) is 4.49. The SMILES string of the molecule is CC(=O)NS(=O)(=O)c1ccc(NC(=O)Cn2cnccc2=O)cc1. The molecule has 9 nitrogen and oxygen atoms in total. The lowest BCUT2D eigenvalue weighted by molar-refractivity contribution is -0.117. The van der Waals surface area contributed by atoms with Gasteiger partial charge in [0.2, 0.25) is 11.8 Å². The molecule has 0 spiro atoms. The molecule has 2 aromatic rings. The average Bonchev–Trinajstić information content (AvgIpc) is 2.49. The minimum atomic E-state index is -3.92. The van der Waals surface area contributed by atoms with Crippen molar-refractivity contribution >= 4 is 27.5 Å². The molecule has 0 unspecified atom stereocenters. The molecule has 10 heteroatoms. The number of rotatable bonds is 5. The number of carbonyl (C=O) groups is 2. The molecule has 126 valence electrons. The van der Waals surface area contributed by atoms with Crippen LogP contribution >= 0.6 is 0 Å². The van der Waals surface area contributed by atoms with Gasteiger partial charge in [-0.15, -0.1) is 0 Å². The number of nitrogens with zero attached hydrogens (tertiary/aromatic N) is 2. The fraction of sp³-hybridized carbons (Fsp3) is 0.143. The number of hydrogen-bond donors (Lipinski definition) is 2. The molecule has 1 heterocycles. The predicted molar refractivity (Wildman–Crippen MR) is 84.6 cm³/mol. The highest BCUT2D eigenvalue weighted by Crippen LogP contribution is 2.14. The lowest BCUT2D eigenvalue weighted by Gasteiger charge is -2.08. The summed E-state index contributed by atoms with van der Waals surface area (Å²) >= 11 is 0. The number of anilines is 1. The highest BCUT2D eigenvalue weighted by molar-refractivity contribution is 7.90. The van der Waals surface area contributed by atoms with E-state index >= 15 is 0 Å². The summed E-state index contributed by atoms with van der Waals surface area (Å²) in [6, 6.07) is 6.47. The van der Waals surface area contributed by atoms with E-state index in [9.17, 15) is 22.8 Å². The molecule has 0 radical (unpaired) electrons. The first-order valence-corrected chi connectivity index (χ1v) is 8.20. The molecular weight excluding hydrogens is 336 g/mol. The summed E-state index contributed by atoms with van der Waals surface area (Å²) in [4.78, 5) is 37.9. The van der Waals surface area contributed by atoms with Gasteiger partial charge in [-0.25, -0.2) is 18.1 Å². The van der Waals surface area contributed by atoms with Gasteiger partial charge < -0.3 is 5.32 Å². The number of nitrogens with one attached hydrogen (secondary N) is 2. The van der Waals surface area contributed by atoms with Crippen molar-refractivity contribution in [3.05, 3.63) is 53.2 Å². The van der Waals surface area contributed by atoms with Gasteiger partial charge in [-0.05, 0) is 24.3 Å². The molecule has 0 bridgehead atoms. The summed E-state index contributed by atoms with van der Waals surface area (Å²) in [5, 5.41) is 2.53. The molecule has 0 aliphatic heterocycles. The number of carbonyl (C=O) groups excluding carboxylic acids is 2. The van der Waals surface area contributed by atoms with Crippen LogP contribution in [-0.2, 0) is 26.2 Å². The Kier molecular flexibility index (Phi) is 5.09. The standard InChI is InChI=1S/C14H14N4O5S/c1-10(19)17-24(22,23)12-4-2-11(3-5-12)16-13(20)8-18-9-15-7-6-14(18)21/h2-7,9H,8H2,1H3,(H,16,20)(H,17,19). The van der Waals surface area contributed by atoms with Crippen molar-refractivity contribution in [1.82, 2.24) is 14.3 Å². The van der Waals surface area contributed by atoms with E-state index < -0.39 is 21.8 Å². The van der Waals surface area contributed by atoms with E-state index in [0.29, 0.717) is 5.69 Å². The number of sulfonamides is 1. The second-order valence-electron chi connectivity index (χ2n) is 4.78. The van der Waals surface area contributed by atoms with Crippen molar-refractivity contribution in [2.24, 2.45) is 0 Å². The first-order valence-electron chi connectivity index (χ1n) is 6.72. The van der Waals surface area contributed by atoms with Crippen molar-refractivity contribution in [2.75, 3.05) is 5.32 Å². The Hall–Kier alpha value is -3.01. The minimum absolute atomic E-state index is 0.112. The Bertz CT molecular complexity index is 919. The van der Waals surface area contributed by atoms with E-state index in [1.54, 1.807) is 0 Å². The molecule has 1 aromatic heterocycles. The topological polar surface area (TPSA) is 127 Å². The Morgan fingerprint density at radius 3 is 2.42 bits per heavy atom. The molecule has 24 heavy (non-hydrogen) atoms. The van der Waals surface area contributed by atoms with Gasteiger partial charge in [0.15, 0.2) is 0 Å². The molecular formula is C14H14N4O5S. The van der Waals surface area contributed by atoms with Crippen molar-refractivity contribution < 1.29 is 18.0 Å². The Labute approximate surface area is 137 Å². The van der Waals surface area contributed by atoms with E-state index in [2.05, 4.69) is 10.3 Å². The summed E-state index contributed by atoms with van der Waals surface area (Å²) in [6.45, 7) is 0.866. The van der Waals surface area contributed by atoms with E-state index in [1.807, 2.05) is 4.72 Å². The summed E-state index contributed by atoms with van der Waals surface area (Å²) in [5.41, 5.74) is -0.0180. The first-order chi connectivity index (χ1) is 11.3. The molecule has 0 fully saturated rings. The van der Waals surface area contributed by atoms with Gasteiger partial charge in [0.05, 0.1) is 11.2 Å². The van der Waals surface area contributed by atoms with Gasteiger partial charge in [0.25, 0.3) is 15.6 Å². The van der Waals surface area contributed by atoms with Gasteiger partial charge in [0.1, 0.15) is 6.54 Å². The molecule has 0 saturated carbocycles. The quantitative estimate of drug-likeness (QED) is 0.762. The van der Waals surface area contributed by atoms with E-state index in [4.69, 9.17) is 0 Å². The molecule has 1 aromatic carbocycles. The zero-order valence-electron chi connectivity index (χ0n) is 12.6. The summed E-state index contributed by atoms with van der Waals surface area (Å²) in [5.74, 6) is -1.17. The van der Waals surface area contributed by atoms with Crippen LogP contribution in [0.1, 0.15) is 6.92 Å². The molecule has 2 N–H and O–H groups in total. The summed E-state index contributed by atoms with van der Waals surface area (Å²) in [7, 11) is -3.92. The molecule has 0 aliphatic carbocycles. The van der Waals surface area contributed by atoms with Crippen LogP contribution in [0.4, 0.5) is 5.69 Å². The van der Waals surface area contributed by atoms with Gasteiger partial charge in [-0.3, -0.25) is 19.0 Å². The molecule has 2 rings (SSSR count). The monoisotopic (exact) mass is 350 g/mol. The van der Waals surface area contributed by atoms with Crippen molar-refractivity contribution in [3.8, 4) is 0 Å². The average molecular weight is 350 g/mol. The zero-order chi connectivity index (χ0) is 17.7. The number of aromatic nitrogens is 2. The summed E-state index contributed by atoms with van der Waals surface area (Å²) in [6.07, 6.45) is 2.57. The van der Waals surface area contributed by atoms with E-state index in [1.165, 1.54) is 42.9 Å². The van der Waals surface area contributed by atoms with Crippen LogP contribution in [0.15, 0.2) is 52.5 Å². The highest BCUT2D eigenvalue weighted by Gasteiger charge is 2.15. The summed E-state index contributed by atoms with van der Waals surface area (Å²) < 4.78 is 26.5. The second kappa shape index (κ2) is 7.04. The third-order valence-electron chi connectivity index (χ3n) is 2.83. The smallest absolute Gasteiger partial charge is 0.264 e. The van der Waals surface area contributed by atoms with Crippen LogP contribution < -0.4 is 15.6 Å². The Balaban J connectivity index is 2.06. The van der Waals surface area contributed by atoms with Crippen LogP contribution in [0.2, 0.25) is 0 Å². The Morgan fingerprint density at radius 1 is 1.17 bits per heavy atom. The number of hydrogen-bond acceptors (Lipinski definition) is 6. The lowest BCUT2D eigenvalue weighted by Crippen LogP contribution is -2.28. The van der Waals surface area contributed by atoms with Crippen molar-refractivity contribution in [1.29, 1.82) is 0 Å². The van der Waals surface area contributed by atoms with Gasteiger partial charge >= 0.3 is 0 Å². The van der Waals surface area contributed by atoms with Crippen LogP contribution in [-0.4, -0.2) is 29.8 Å². The van der Waals surface area contributed by atoms with E-state index in [-0.39, 0.29) is 17.0 Å². The molecule has 0 atom stereocenters. The maximum Gasteiger partial charge on any atom is 0.264 e. The van der Waals surface area contributed by atoms with Crippen LogP contribution in [0.5, 0.6) is 0 Å². The molecule has 0 saturated heterocycles.